The molecule has 2 aromatic rings. The lowest BCUT2D eigenvalue weighted by Crippen LogP contribution is -2.23. The summed E-state index contributed by atoms with van der Waals surface area (Å²) in [6.07, 6.45) is 4.53. The molecule has 13 nitrogen and oxygen atoms in total. The Morgan fingerprint density at radius 3 is 1.62 bits per heavy atom. The number of hydrogen-bond donors (Lipinski definition) is 2. The number of aliphatic hydroxyl groups is 2. The molecule has 2 N–H and O–H groups in total. The normalized spacial score (nSPS) is 12.0. The van der Waals surface area contributed by atoms with Crippen LogP contribution in [0.1, 0.15) is 36.2 Å². The number of carbonyl (C=O) groups excluding carboxylic acids is 3. The molecular weight excluding hydrogens is 590 g/mol. The number of nitrogens with zero attached hydrogens (tertiary/aromatic N) is 1. The monoisotopic (exact) mass is 631 g/mol. The van der Waals surface area contributed by atoms with Crippen LogP contribution in [0.5, 0.6) is 17.2 Å². The molecule has 0 aliphatic heterocycles. The highest BCUT2D eigenvalue weighted by atomic mass is 16.6. The van der Waals surface area contributed by atoms with E-state index in [1.807, 2.05) is 0 Å². The van der Waals surface area contributed by atoms with Gasteiger partial charge >= 0.3 is 17.9 Å². The van der Waals surface area contributed by atoms with E-state index < -0.39 is 30.1 Å². The molecule has 0 spiro atoms. The van der Waals surface area contributed by atoms with E-state index in [-0.39, 0.29) is 32.1 Å². The van der Waals surface area contributed by atoms with Crippen molar-refractivity contribution in [2.75, 3.05) is 52.9 Å². The molecule has 0 saturated carbocycles. The summed E-state index contributed by atoms with van der Waals surface area (Å²) < 4.78 is 36.9. The number of esters is 3. The van der Waals surface area contributed by atoms with Gasteiger partial charge in [-0.15, -0.1) is 0 Å². The molecule has 45 heavy (non-hydrogen) atoms. The van der Waals surface area contributed by atoms with Gasteiger partial charge in [0.25, 0.3) is 0 Å². The Hall–Kier alpha value is -4.30. The second kappa shape index (κ2) is 22.2. The number of ether oxygens (including phenoxy) is 7. The molecular formula is C32H41NO12. The highest BCUT2D eigenvalue weighted by Gasteiger charge is 2.11. The quantitative estimate of drug-likeness (QED) is 0.0751. The molecule has 13 heteroatoms. The largest absolute Gasteiger partial charge is 0.494 e. The maximum Gasteiger partial charge on any atom is 0.362 e. The maximum atomic E-state index is 12.5. The zero-order valence-corrected chi connectivity index (χ0v) is 25.2. The van der Waals surface area contributed by atoms with Crippen LogP contribution in [0, 0.1) is 0 Å². The first-order chi connectivity index (χ1) is 21.8. The number of benzene rings is 1. The fraction of sp³-hybridized carbons (Fsp3) is 0.438. The predicted octanol–water partition coefficient (Wildman–Crippen LogP) is 2.83. The van der Waals surface area contributed by atoms with Crippen LogP contribution < -0.4 is 14.2 Å². The number of pyridine rings is 1. The minimum Gasteiger partial charge on any atom is -0.494 e. The average molecular weight is 632 g/mol. The van der Waals surface area contributed by atoms with Crippen molar-refractivity contribution in [3.8, 4) is 17.2 Å². The lowest BCUT2D eigenvalue weighted by atomic mass is 10.3. The average Bonchev–Trinajstić information content (AvgIpc) is 3.06. The maximum absolute atomic E-state index is 12.5. The number of hydrogen-bond acceptors (Lipinski definition) is 13. The third kappa shape index (κ3) is 16.9. The van der Waals surface area contributed by atoms with Gasteiger partial charge in [-0.3, -0.25) is 0 Å². The van der Waals surface area contributed by atoms with Gasteiger partial charge in [-0.1, -0.05) is 13.2 Å². The van der Waals surface area contributed by atoms with Crippen molar-refractivity contribution in [1.82, 2.24) is 4.98 Å². The Labute approximate surface area is 262 Å². The predicted molar refractivity (Wildman–Crippen MR) is 161 cm³/mol. The Morgan fingerprint density at radius 1 is 0.667 bits per heavy atom. The van der Waals surface area contributed by atoms with Gasteiger partial charge in [0.15, 0.2) is 0 Å². The summed E-state index contributed by atoms with van der Waals surface area (Å²) in [4.78, 5) is 38.5. The zero-order chi connectivity index (χ0) is 32.7. The smallest absolute Gasteiger partial charge is 0.362 e. The second-order valence-corrected chi connectivity index (χ2v) is 9.48. The molecule has 1 heterocycles. The molecule has 2 atom stereocenters. The van der Waals surface area contributed by atoms with Crippen molar-refractivity contribution in [2.24, 2.45) is 0 Å². The molecule has 0 radical (unpaired) electrons. The van der Waals surface area contributed by atoms with Crippen LogP contribution in [0.3, 0.4) is 0 Å². The molecule has 0 aliphatic carbocycles. The van der Waals surface area contributed by atoms with E-state index in [9.17, 15) is 24.6 Å². The van der Waals surface area contributed by atoms with E-state index in [4.69, 9.17) is 33.2 Å². The summed E-state index contributed by atoms with van der Waals surface area (Å²) in [7, 11) is 0. The van der Waals surface area contributed by atoms with E-state index >= 15 is 0 Å². The fourth-order valence-corrected chi connectivity index (χ4v) is 3.35. The summed E-state index contributed by atoms with van der Waals surface area (Å²) in [5, 5.41) is 19.3. The fourth-order valence-electron chi connectivity index (χ4n) is 3.35. The van der Waals surface area contributed by atoms with Gasteiger partial charge in [0.2, 0.25) is 0 Å². The van der Waals surface area contributed by atoms with Crippen molar-refractivity contribution >= 4 is 17.9 Å². The van der Waals surface area contributed by atoms with Gasteiger partial charge in [-0.25, -0.2) is 19.4 Å². The highest BCUT2D eigenvalue weighted by molar-refractivity contribution is 5.89. The molecule has 2 unspecified atom stereocenters. The van der Waals surface area contributed by atoms with Crippen molar-refractivity contribution in [3.63, 3.8) is 0 Å². The van der Waals surface area contributed by atoms with Gasteiger partial charge in [0, 0.05) is 25.4 Å². The van der Waals surface area contributed by atoms with Gasteiger partial charge in [-0.2, -0.15) is 0 Å². The first kappa shape index (κ1) is 36.9. The number of aliphatic hydroxyl groups excluding tert-OH is 2. The summed E-state index contributed by atoms with van der Waals surface area (Å²) in [5.41, 5.74) is 0.126. The SMILES string of the molecule is C=CC(=O)OCC(O)COCCCCOc1ccc(OC(=O)c2ccc(OCCCCOCC(O)COC(=O)C=C)cn2)cc1. The molecule has 1 aromatic heterocycles. The summed E-state index contributed by atoms with van der Waals surface area (Å²) in [6, 6.07) is 9.77. The number of aromatic nitrogens is 1. The van der Waals surface area contributed by atoms with Crippen LogP contribution in [0.15, 0.2) is 67.9 Å². The zero-order valence-electron chi connectivity index (χ0n) is 25.2. The third-order valence-corrected chi connectivity index (χ3v) is 5.67. The lowest BCUT2D eigenvalue weighted by molar-refractivity contribution is -0.142. The van der Waals surface area contributed by atoms with Crippen molar-refractivity contribution in [3.05, 3.63) is 73.6 Å². The minimum absolute atomic E-state index is 0.0522. The van der Waals surface area contributed by atoms with Gasteiger partial charge in [-0.05, 0) is 62.1 Å². The summed E-state index contributed by atoms with van der Waals surface area (Å²) in [5.74, 6) is -0.346. The van der Waals surface area contributed by atoms with Crippen LogP contribution in [0.25, 0.3) is 0 Å². The molecule has 246 valence electrons. The summed E-state index contributed by atoms with van der Waals surface area (Å²) in [6.45, 7) is 8.07. The summed E-state index contributed by atoms with van der Waals surface area (Å²) >= 11 is 0. The van der Waals surface area contributed by atoms with Gasteiger partial charge < -0.3 is 43.4 Å². The number of unbranched alkanes of at least 4 members (excludes halogenated alkanes) is 2. The number of carbonyl (C=O) groups is 3. The standard InChI is InChI=1S/C32H41NO12/c1-3-30(36)43-22-24(34)20-39-15-5-7-17-41-26-9-11-27(12-10-26)45-32(38)29-14-13-28(19-33-29)42-18-8-6-16-40-21-25(35)23-44-31(37)4-2/h3-4,9-14,19,24-25,34-35H,1-2,5-8,15-18,20-23H2. The molecule has 0 bridgehead atoms. The first-order valence-corrected chi connectivity index (χ1v) is 14.4. The van der Waals surface area contributed by atoms with E-state index in [0.717, 1.165) is 18.6 Å². The van der Waals surface area contributed by atoms with E-state index in [1.165, 1.54) is 12.3 Å². The van der Waals surface area contributed by atoms with E-state index in [2.05, 4.69) is 18.1 Å². The van der Waals surface area contributed by atoms with Crippen molar-refractivity contribution < 1.29 is 57.8 Å². The van der Waals surface area contributed by atoms with E-state index in [0.29, 0.717) is 62.9 Å². The molecule has 0 fully saturated rings. The van der Waals surface area contributed by atoms with Crippen LogP contribution >= 0.6 is 0 Å². The molecule has 2 rings (SSSR count). The molecule has 0 aliphatic rings. The second-order valence-electron chi connectivity index (χ2n) is 9.48. The Kier molecular flexibility index (Phi) is 18.2. The van der Waals surface area contributed by atoms with Crippen LogP contribution in [-0.4, -0.2) is 98.2 Å². The molecule has 1 aromatic carbocycles. The van der Waals surface area contributed by atoms with Gasteiger partial charge in [0.1, 0.15) is 48.4 Å². The number of rotatable bonds is 24. The minimum atomic E-state index is -0.901. The van der Waals surface area contributed by atoms with Crippen LogP contribution in [0.4, 0.5) is 0 Å². The van der Waals surface area contributed by atoms with Crippen LogP contribution in [0.2, 0.25) is 0 Å². The van der Waals surface area contributed by atoms with Crippen LogP contribution in [-0.2, 0) is 28.5 Å². The Balaban J connectivity index is 1.55. The van der Waals surface area contributed by atoms with Crippen molar-refractivity contribution in [2.45, 2.75) is 37.9 Å². The Morgan fingerprint density at radius 2 is 1.13 bits per heavy atom. The van der Waals surface area contributed by atoms with E-state index in [1.54, 1.807) is 30.3 Å². The first-order valence-electron chi connectivity index (χ1n) is 14.4. The highest BCUT2D eigenvalue weighted by Crippen LogP contribution is 2.19. The topological polar surface area (TPSA) is 169 Å². The van der Waals surface area contributed by atoms with Gasteiger partial charge in [0.05, 0.1) is 32.6 Å². The molecule has 0 amide bonds. The lowest BCUT2D eigenvalue weighted by Gasteiger charge is -2.11. The van der Waals surface area contributed by atoms with Crippen molar-refractivity contribution in [1.29, 1.82) is 0 Å². The Bertz CT molecular complexity index is 1170. The third-order valence-electron chi connectivity index (χ3n) is 5.67. The molecule has 0 saturated heterocycles.